The van der Waals surface area contributed by atoms with E-state index in [1.54, 1.807) is 6.20 Å². The van der Waals surface area contributed by atoms with Gasteiger partial charge in [-0.15, -0.1) is 0 Å². The van der Waals surface area contributed by atoms with Gasteiger partial charge in [0.1, 0.15) is 5.82 Å². The lowest BCUT2D eigenvalue weighted by atomic mass is 10.2. The molecular formula is C11H18N4. The minimum absolute atomic E-state index is 0.643. The fourth-order valence-corrected chi connectivity index (χ4v) is 1.97. The molecule has 0 aromatic carbocycles. The van der Waals surface area contributed by atoms with Crippen LogP contribution in [0.4, 0.5) is 11.5 Å². The van der Waals surface area contributed by atoms with Gasteiger partial charge in [0.05, 0.1) is 11.9 Å². The van der Waals surface area contributed by atoms with Crippen molar-refractivity contribution >= 4 is 11.5 Å². The van der Waals surface area contributed by atoms with Crippen LogP contribution in [0.5, 0.6) is 0 Å². The minimum atomic E-state index is 0.643. The van der Waals surface area contributed by atoms with Crippen molar-refractivity contribution in [3.8, 4) is 0 Å². The number of nitrogens with two attached hydrogens (primary N) is 1. The Hall–Kier alpha value is -1.29. The van der Waals surface area contributed by atoms with E-state index in [0.717, 1.165) is 12.4 Å². The van der Waals surface area contributed by atoms with E-state index < -0.39 is 0 Å². The zero-order chi connectivity index (χ0) is 10.7. The van der Waals surface area contributed by atoms with Gasteiger partial charge in [-0.05, 0) is 38.6 Å². The average Bonchev–Trinajstić information content (AvgIpc) is 2.63. The van der Waals surface area contributed by atoms with Gasteiger partial charge in [0.15, 0.2) is 0 Å². The molecule has 1 atom stereocenters. The summed E-state index contributed by atoms with van der Waals surface area (Å²) in [7, 11) is 2.18. The number of rotatable bonds is 3. The number of hydrogen-bond acceptors (Lipinski definition) is 4. The number of likely N-dealkylation sites (N-methyl/N-ethyl adjacent to an activating group) is 1. The summed E-state index contributed by atoms with van der Waals surface area (Å²) in [5.74, 6) is 0.907. The topological polar surface area (TPSA) is 54.2 Å². The first-order chi connectivity index (χ1) is 7.25. The molecule has 4 nitrogen and oxygen atoms in total. The molecule has 2 heterocycles. The standard InChI is InChI=1S/C11H18N4/c1-15-6-2-3-10(15)8-14-11-5-4-9(12)7-13-11/h4-5,7,10H,2-3,6,8,12H2,1H3,(H,13,14). The van der Waals surface area contributed by atoms with Crippen LogP contribution in [-0.4, -0.2) is 36.1 Å². The van der Waals surface area contributed by atoms with Gasteiger partial charge in [-0.3, -0.25) is 0 Å². The van der Waals surface area contributed by atoms with E-state index in [4.69, 9.17) is 5.73 Å². The van der Waals surface area contributed by atoms with Crippen molar-refractivity contribution in [2.75, 3.05) is 31.2 Å². The summed E-state index contributed by atoms with van der Waals surface area (Å²) in [6, 6.07) is 4.43. The number of likely N-dealkylation sites (tertiary alicyclic amines) is 1. The third-order valence-corrected chi connectivity index (χ3v) is 2.98. The van der Waals surface area contributed by atoms with E-state index in [1.807, 2.05) is 12.1 Å². The third kappa shape index (κ3) is 2.59. The van der Waals surface area contributed by atoms with Crippen LogP contribution in [0.2, 0.25) is 0 Å². The fraction of sp³-hybridized carbons (Fsp3) is 0.545. The predicted octanol–water partition coefficient (Wildman–Crippen LogP) is 1.17. The third-order valence-electron chi connectivity index (χ3n) is 2.98. The van der Waals surface area contributed by atoms with Crippen molar-refractivity contribution in [3.05, 3.63) is 18.3 Å². The van der Waals surface area contributed by atoms with Crippen LogP contribution in [0.15, 0.2) is 18.3 Å². The van der Waals surface area contributed by atoms with Crippen LogP contribution in [0.25, 0.3) is 0 Å². The van der Waals surface area contributed by atoms with E-state index in [2.05, 4.69) is 22.2 Å². The average molecular weight is 206 g/mol. The maximum Gasteiger partial charge on any atom is 0.126 e. The van der Waals surface area contributed by atoms with E-state index in [0.29, 0.717) is 11.7 Å². The highest BCUT2D eigenvalue weighted by Crippen LogP contribution is 2.15. The second kappa shape index (κ2) is 4.49. The Labute approximate surface area is 90.5 Å². The Balaban J connectivity index is 1.85. The van der Waals surface area contributed by atoms with Gasteiger partial charge in [-0.2, -0.15) is 0 Å². The first-order valence-electron chi connectivity index (χ1n) is 5.41. The molecule has 0 radical (unpaired) electrons. The van der Waals surface area contributed by atoms with E-state index in [-0.39, 0.29) is 0 Å². The summed E-state index contributed by atoms with van der Waals surface area (Å²) >= 11 is 0. The smallest absolute Gasteiger partial charge is 0.126 e. The quantitative estimate of drug-likeness (QED) is 0.779. The van der Waals surface area contributed by atoms with Gasteiger partial charge in [-0.1, -0.05) is 0 Å². The highest BCUT2D eigenvalue weighted by Gasteiger charge is 2.20. The van der Waals surface area contributed by atoms with Gasteiger partial charge >= 0.3 is 0 Å². The van der Waals surface area contributed by atoms with Gasteiger partial charge < -0.3 is 16.0 Å². The fourth-order valence-electron chi connectivity index (χ4n) is 1.97. The summed E-state index contributed by atoms with van der Waals surface area (Å²) in [4.78, 5) is 6.60. The summed E-state index contributed by atoms with van der Waals surface area (Å²) in [5.41, 5.74) is 6.28. The van der Waals surface area contributed by atoms with Gasteiger partial charge in [0, 0.05) is 12.6 Å². The molecule has 1 fully saturated rings. The lowest BCUT2D eigenvalue weighted by molar-refractivity contribution is 0.322. The molecule has 1 unspecified atom stereocenters. The zero-order valence-corrected chi connectivity index (χ0v) is 9.11. The summed E-state index contributed by atoms with van der Waals surface area (Å²) in [6.07, 6.45) is 4.26. The van der Waals surface area contributed by atoms with Gasteiger partial charge in [-0.25, -0.2) is 4.98 Å². The molecule has 1 aromatic heterocycles. The number of nitrogens with zero attached hydrogens (tertiary/aromatic N) is 2. The van der Waals surface area contributed by atoms with Crippen molar-refractivity contribution in [1.29, 1.82) is 0 Å². The summed E-state index contributed by atoms with van der Waals surface area (Å²) < 4.78 is 0. The van der Waals surface area contributed by atoms with Crippen molar-refractivity contribution in [2.24, 2.45) is 0 Å². The lowest BCUT2D eigenvalue weighted by Crippen LogP contribution is -2.31. The molecular weight excluding hydrogens is 188 g/mol. The van der Waals surface area contributed by atoms with Crippen molar-refractivity contribution < 1.29 is 0 Å². The lowest BCUT2D eigenvalue weighted by Gasteiger charge is -2.19. The molecule has 0 amide bonds. The molecule has 0 aliphatic carbocycles. The first-order valence-corrected chi connectivity index (χ1v) is 5.41. The van der Waals surface area contributed by atoms with Crippen LogP contribution in [0, 0.1) is 0 Å². The number of nitrogens with one attached hydrogen (secondary N) is 1. The van der Waals surface area contributed by atoms with Gasteiger partial charge in [0.25, 0.3) is 0 Å². The summed E-state index contributed by atoms with van der Waals surface area (Å²) in [6.45, 7) is 2.18. The van der Waals surface area contributed by atoms with Crippen LogP contribution in [0.3, 0.4) is 0 Å². The molecule has 1 saturated heterocycles. The van der Waals surface area contributed by atoms with Crippen molar-refractivity contribution in [2.45, 2.75) is 18.9 Å². The SMILES string of the molecule is CN1CCCC1CNc1ccc(N)cn1. The van der Waals surface area contributed by atoms with E-state index >= 15 is 0 Å². The highest BCUT2D eigenvalue weighted by molar-refractivity contribution is 5.43. The molecule has 1 aromatic rings. The Bertz CT molecular complexity index is 309. The highest BCUT2D eigenvalue weighted by atomic mass is 15.2. The largest absolute Gasteiger partial charge is 0.397 e. The Morgan fingerprint density at radius 1 is 1.60 bits per heavy atom. The zero-order valence-electron chi connectivity index (χ0n) is 9.11. The van der Waals surface area contributed by atoms with Crippen molar-refractivity contribution in [1.82, 2.24) is 9.88 Å². The van der Waals surface area contributed by atoms with Gasteiger partial charge in [0.2, 0.25) is 0 Å². The molecule has 0 spiro atoms. The summed E-state index contributed by atoms with van der Waals surface area (Å²) in [5, 5.41) is 3.34. The number of nitrogen functional groups attached to an aromatic ring is 1. The van der Waals surface area contributed by atoms with E-state index in [9.17, 15) is 0 Å². The molecule has 0 bridgehead atoms. The molecule has 1 aliphatic rings. The second-order valence-electron chi connectivity index (χ2n) is 4.13. The molecule has 1 aliphatic heterocycles. The maximum absolute atomic E-state index is 5.57. The number of hydrogen-bond donors (Lipinski definition) is 2. The molecule has 3 N–H and O–H groups in total. The van der Waals surface area contributed by atoms with Crippen LogP contribution in [-0.2, 0) is 0 Å². The number of aromatic nitrogens is 1. The number of pyridine rings is 1. The van der Waals surface area contributed by atoms with Crippen LogP contribution >= 0.6 is 0 Å². The second-order valence-corrected chi connectivity index (χ2v) is 4.13. The van der Waals surface area contributed by atoms with Crippen LogP contribution < -0.4 is 11.1 Å². The Morgan fingerprint density at radius 3 is 3.07 bits per heavy atom. The van der Waals surface area contributed by atoms with Crippen molar-refractivity contribution in [3.63, 3.8) is 0 Å². The monoisotopic (exact) mass is 206 g/mol. The Kier molecular flexibility index (Phi) is 3.06. The molecule has 4 heteroatoms. The molecule has 2 rings (SSSR count). The first kappa shape index (κ1) is 10.2. The maximum atomic E-state index is 5.57. The molecule has 15 heavy (non-hydrogen) atoms. The Morgan fingerprint density at radius 2 is 2.47 bits per heavy atom. The molecule has 0 saturated carbocycles. The predicted molar refractivity (Wildman–Crippen MR) is 62.8 cm³/mol. The minimum Gasteiger partial charge on any atom is -0.397 e. The number of anilines is 2. The van der Waals surface area contributed by atoms with Crippen LogP contribution in [0.1, 0.15) is 12.8 Å². The van der Waals surface area contributed by atoms with E-state index in [1.165, 1.54) is 19.4 Å². The normalized spacial score (nSPS) is 21.8. The molecule has 82 valence electrons.